The number of hydrogen-bond donors (Lipinski definition) is 0. The Labute approximate surface area is 205 Å². The standard InChI is InChI=1S/C25H18Cl2N2O3S/c1-13-20(24(30)31)23(21-15-7-4-3-6-14(15)10-11-18(21)32-2)29-12-19(33-25(29)28-13)22-16(26)8-5-9-17(22)27/h3-12,23H,1-2H3,(H,30,31)/p-1. The van der Waals surface area contributed by atoms with E-state index in [1.165, 1.54) is 11.8 Å². The second-order valence-electron chi connectivity index (χ2n) is 7.59. The first kappa shape index (κ1) is 21.9. The molecule has 166 valence electrons. The van der Waals surface area contributed by atoms with Gasteiger partial charge in [-0.25, -0.2) is 4.99 Å². The largest absolute Gasteiger partial charge is 0.545 e. The topological polar surface area (TPSA) is 65.0 Å². The summed E-state index contributed by atoms with van der Waals surface area (Å²) in [7, 11) is 1.57. The van der Waals surface area contributed by atoms with Crippen LogP contribution in [0.15, 0.2) is 77.1 Å². The number of carbonyl (C=O) groups is 1. The summed E-state index contributed by atoms with van der Waals surface area (Å²) in [6.45, 7) is 1.68. The van der Waals surface area contributed by atoms with Gasteiger partial charge in [0.25, 0.3) is 0 Å². The Balaban J connectivity index is 1.77. The summed E-state index contributed by atoms with van der Waals surface area (Å²) in [5.74, 6) is -0.702. The molecule has 5 rings (SSSR count). The van der Waals surface area contributed by atoms with Crippen LogP contribution < -0.4 is 9.84 Å². The number of fused-ring (bicyclic) bond motifs is 2. The number of carboxylic acid groups (broad SMARTS) is 1. The Kier molecular flexibility index (Phi) is 5.60. The Morgan fingerprint density at radius 3 is 2.52 bits per heavy atom. The van der Waals surface area contributed by atoms with Crippen molar-refractivity contribution in [2.75, 3.05) is 7.11 Å². The number of carbonyl (C=O) groups excluding carboxylic acids is 1. The van der Waals surface area contributed by atoms with Gasteiger partial charge in [0.1, 0.15) is 5.75 Å². The second-order valence-corrected chi connectivity index (χ2v) is 9.41. The highest BCUT2D eigenvalue weighted by molar-refractivity contribution is 8.22. The normalized spacial score (nSPS) is 17.7. The Bertz CT molecular complexity index is 1390. The van der Waals surface area contributed by atoms with E-state index < -0.39 is 12.0 Å². The summed E-state index contributed by atoms with van der Waals surface area (Å²) in [4.78, 5) is 19.5. The van der Waals surface area contributed by atoms with Crippen LogP contribution in [-0.2, 0) is 4.79 Å². The van der Waals surface area contributed by atoms with Crippen LogP contribution in [-0.4, -0.2) is 23.1 Å². The first-order valence-electron chi connectivity index (χ1n) is 10.1. The second kappa shape index (κ2) is 8.45. The molecule has 0 N–H and O–H groups in total. The molecule has 0 aromatic heterocycles. The zero-order valence-electron chi connectivity index (χ0n) is 17.6. The van der Waals surface area contributed by atoms with Crippen LogP contribution in [0.3, 0.4) is 0 Å². The predicted molar refractivity (Wildman–Crippen MR) is 132 cm³/mol. The molecule has 0 amide bonds. The molecule has 2 heterocycles. The Hall–Kier alpha value is -2.93. The smallest absolute Gasteiger partial charge is 0.173 e. The Morgan fingerprint density at radius 1 is 1.09 bits per heavy atom. The summed E-state index contributed by atoms with van der Waals surface area (Å²) >= 11 is 14.3. The molecular formula is C25H17Cl2N2O3S-. The van der Waals surface area contributed by atoms with Crippen molar-refractivity contribution >= 4 is 61.8 Å². The number of aliphatic imine (C=N–C) groups is 1. The molecule has 0 saturated heterocycles. The Morgan fingerprint density at radius 2 is 1.82 bits per heavy atom. The molecule has 3 aromatic rings. The quantitative estimate of drug-likeness (QED) is 0.468. The van der Waals surface area contributed by atoms with Gasteiger partial charge in [0.15, 0.2) is 5.17 Å². The number of amidine groups is 1. The van der Waals surface area contributed by atoms with E-state index in [2.05, 4.69) is 4.99 Å². The summed E-state index contributed by atoms with van der Waals surface area (Å²) in [5, 5.41) is 15.9. The van der Waals surface area contributed by atoms with Crippen molar-refractivity contribution in [2.45, 2.75) is 13.0 Å². The molecule has 5 nitrogen and oxygen atoms in total. The van der Waals surface area contributed by atoms with Gasteiger partial charge < -0.3 is 19.5 Å². The summed E-state index contributed by atoms with van der Waals surface area (Å²) in [6.07, 6.45) is 1.85. The lowest BCUT2D eigenvalue weighted by molar-refractivity contribution is -0.300. The van der Waals surface area contributed by atoms with E-state index in [4.69, 9.17) is 27.9 Å². The number of allylic oxidation sites excluding steroid dienone is 1. The predicted octanol–water partition coefficient (Wildman–Crippen LogP) is 5.64. The molecule has 1 unspecified atom stereocenters. The monoisotopic (exact) mass is 495 g/mol. The van der Waals surface area contributed by atoms with E-state index in [1.54, 1.807) is 32.2 Å². The van der Waals surface area contributed by atoms with Crippen molar-refractivity contribution in [3.63, 3.8) is 0 Å². The van der Waals surface area contributed by atoms with Gasteiger partial charge in [-0.15, -0.1) is 0 Å². The van der Waals surface area contributed by atoms with E-state index in [9.17, 15) is 9.90 Å². The third-order valence-corrected chi connectivity index (χ3v) is 7.38. The van der Waals surface area contributed by atoms with Gasteiger partial charge in [-0.2, -0.15) is 0 Å². The van der Waals surface area contributed by atoms with E-state index in [-0.39, 0.29) is 5.57 Å². The van der Waals surface area contributed by atoms with Crippen molar-refractivity contribution in [1.82, 2.24) is 4.90 Å². The minimum Gasteiger partial charge on any atom is -0.545 e. The van der Waals surface area contributed by atoms with Gasteiger partial charge in [-0.3, -0.25) is 0 Å². The maximum Gasteiger partial charge on any atom is 0.173 e. The number of ether oxygens (including phenoxy) is 1. The van der Waals surface area contributed by atoms with Gasteiger partial charge in [-0.1, -0.05) is 59.6 Å². The summed E-state index contributed by atoms with van der Waals surface area (Å²) in [5.41, 5.74) is 1.87. The number of aliphatic carboxylic acids is 1. The lowest BCUT2D eigenvalue weighted by Gasteiger charge is -2.36. The number of methoxy groups -OCH3 is 1. The molecule has 0 fully saturated rings. The first-order valence-corrected chi connectivity index (χ1v) is 11.7. The minimum atomic E-state index is -1.28. The van der Waals surface area contributed by atoms with Gasteiger partial charge >= 0.3 is 0 Å². The van der Waals surface area contributed by atoms with Crippen LogP contribution >= 0.6 is 35.0 Å². The summed E-state index contributed by atoms with van der Waals surface area (Å²) < 4.78 is 5.70. The van der Waals surface area contributed by atoms with Crippen LogP contribution in [0, 0.1) is 0 Å². The van der Waals surface area contributed by atoms with Crippen molar-refractivity contribution in [1.29, 1.82) is 0 Å². The van der Waals surface area contributed by atoms with Crippen molar-refractivity contribution < 1.29 is 14.6 Å². The van der Waals surface area contributed by atoms with Crippen molar-refractivity contribution in [2.24, 2.45) is 4.99 Å². The van der Waals surface area contributed by atoms with Crippen LogP contribution in [0.25, 0.3) is 15.7 Å². The maximum atomic E-state index is 12.4. The van der Waals surface area contributed by atoms with Crippen LogP contribution in [0.5, 0.6) is 5.75 Å². The molecule has 0 aliphatic carbocycles. The van der Waals surface area contributed by atoms with Gasteiger partial charge in [0, 0.05) is 33.5 Å². The molecule has 0 bridgehead atoms. The maximum absolute atomic E-state index is 12.4. The lowest BCUT2D eigenvalue weighted by Crippen LogP contribution is -2.38. The molecule has 0 spiro atoms. The minimum absolute atomic E-state index is 0.0803. The third-order valence-electron chi connectivity index (χ3n) is 5.74. The van der Waals surface area contributed by atoms with Gasteiger partial charge in [0.2, 0.25) is 0 Å². The molecule has 2 aliphatic heterocycles. The zero-order chi connectivity index (χ0) is 23.3. The number of hydrogen-bond acceptors (Lipinski definition) is 6. The molecule has 1 atom stereocenters. The highest BCUT2D eigenvalue weighted by Crippen LogP contribution is 2.51. The average Bonchev–Trinajstić information content (AvgIpc) is 3.20. The molecule has 0 saturated carbocycles. The van der Waals surface area contributed by atoms with E-state index >= 15 is 0 Å². The van der Waals surface area contributed by atoms with Crippen LogP contribution in [0.2, 0.25) is 10.0 Å². The molecule has 8 heteroatoms. The fraction of sp³-hybridized carbons (Fsp3) is 0.120. The highest BCUT2D eigenvalue weighted by atomic mass is 35.5. The van der Waals surface area contributed by atoms with E-state index in [0.29, 0.717) is 32.2 Å². The number of benzene rings is 3. The molecular weight excluding hydrogens is 479 g/mol. The number of carboxylic acids is 1. The van der Waals surface area contributed by atoms with Crippen LogP contribution in [0.1, 0.15) is 24.1 Å². The number of thioether (sulfide) groups is 1. The van der Waals surface area contributed by atoms with Crippen LogP contribution in [0.4, 0.5) is 0 Å². The fourth-order valence-corrected chi connectivity index (χ4v) is 6.14. The van der Waals surface area contributed by atoms with E-state index in [1.807, 2.05) is 47.5 Å². The molecule has 0 radical (unpaired) electrons. The molecule has 3 aromatic carbocycles. The SMILES string of the molecule is COc1ccc2ccccc2c1C1C(C(=O)[O-])=C(C)N=C2SC(c3c(Cl)cccc3Cl)=CN21. The summed E-state index contributed by atoms with van der Waals surface area (Å²) in [6, 6.07) is 16.2. The van der Waals surface area contributed by atoms with Crippen molar-refractivity contribution in [3.05, 3.63) is 93.2 Å². The zero-order valence-corrected chi connectivity index (χ0v) is 20.0. The number of halogens is 2. The number of nitrogens with zero attached hydrogens (tertiary/aromatic N) is 2. The number of rotatable bonds is 4. The molecule has 33 heavy (non-hydrogen) atoms. The van der Waals surface area contributed by atoms with E-state index in [0.717, 1.165) is 21.2 Å². The highest BCUT2D eigenvalue weighted by Gasteiger charge is 2.39. The first-order chi connectivity index (χ1) is 15.9. The fourth-order valence-electron chi connectivity index (χ4n) is 4.29. The molecule has 2 aliphatic rings. The third kappa shape index (κ3) is 3.59. The average molecular weight is 496 g/mol. The lowest BCUT2D eigenvalue weighted by atomic mass is 9.90. The van der Waals surface area contributed by atoms with Crippen molar-refractivity contribution in [3.8, 4) is 5.75 Å². The van der Waals surface area contributed by atoms with Gasteiger partial charge in [-0.05, 0) is 47.7 Å². The van der Waals surface area contributed by atoms with Gasteiger partial charge in [0.05, 0.1) is 29.2 Å².